The predicted molar refractivity (Wildman–Crippen MR) is 85.9 cm³/mol. The van der Waals surface area contributed by atoms with Gasteiger partial charge in [0.2, 0.25) is 0 Å². The molecule has 2 N–H and O–H groups in total. The van der Waals surface area contributed by atoms with Gasteiger partial charge >= 0.3 is 0 Å². The molecule has 1 unspecified atom stereocenters. The van der Waals surface area contributed by atoms with Crippen LogP contribution in [0.3, 0.4) is 0 Å². The maximum atomic E-state index is 12.3. The molecule has 0 aliphatic heterocycles. The molecule has 0 spiro atoms. The molecule has 1 aromatic heterocycles. The summed E-state index contributed by atoms with van der Waals surface area (Å²) in [7, 11) is 0. The van der Waals surface area contributed by atoms with Gasteiger partial charge in [0, 0.05) is 12.5 Å². The van der Waals surface area contributed by atoms with Gasteiger partial charge in [-0.25, -0.2) is 4.98 Å². The quantitative estimate of drug-likeness (QED) is 0.897. The van der Waals surface area contributed by atoms with Crippen molar-refractivity contribution in [3.8, 4) is 0 Å². The largest absolute Gasteiger partial charge is 0.391 e. The average Bonchev–Trinajstić information content (AvgIpc) is 3.03. The Balaban J connectivity index is 1.99. The van der Waals surface area contributed by atoms with E-state index in [9.17, 15) is 9.90 Å². The Kier molecular flexibility index (Phi) is 5.04. The molecule has 0 bridgehead atoms. The molecule has 4 nitrogen and oxygen atoms in total. The molecule has 118 valence electrons. The van der Waals surface area contributed by atoms with Crippen LogP contribution in [0.4, 0.5) is 0 Å². The Labute approximate surface area is 131 Å². The molecule has 1 aliphatic carbocycles. The van der Waals surface area contributed by atoms with E-state index in [1.54, 1.807) is 0 Å². The number of hydrogen-bond acceptors (Lipinski definition) is 4. The highest BCUT2D eigenvalue weighted by atomic mass is 32.1. The summed E-state index contributed by atoms with van der Waals surface area (Å²) < 4.78 is 0. The average molecular weight is 310 g/mol. The number of hydrogen-bond donors (Lipinski definition) is 2. The molecule has 0 saturated heterocycles. The monoisotopic (exact) mass is 310 g/mol. The first kappa shape index (κ1) is 16.4. The lowest BCUT2D eigenvalue weighted by molar-refractivity contribution is 0.0588. The zero-order valence-electron chi connectivity index (χ0n) is 13.4. The molecule has 2 rings (SSSR count). The van der Waals surface area contributed by atoms with Crippen LogP contribution in [0.15, 0.2) is 0 Å². The zero-order chi connectivity index (χ0) is 15.6. The fraction of sp³-hybridized carbons (Fsp3) is 0.750. The first-order valence-corrected chi connectivity index (χ1v) is 8.54. The summed E-state index contributed by atoms with van der Waals surface area (Å²) in [5.41, 5.74) is 0.579. The molecule has 0 radical (unpaired) electrons. The Morgan fingerprint density at radius 1 is 1.43 bits per heavy atom. The van der Waals surface area contributed by atoms with E-state index in [0.717, 1.165) is 10.7 Å². The number of nitrogens with zero attached hydrogens (tertiary/aromatic N) is 1. The number of thiazole rings is 1. The smallest absolute Gasteiger partial charge is 0.263 e. The molecule has 21 heavy (non-hydrogen) atoms. The first-order valence-electron chi connectivity index (χ1n) is 7.72. The van der Waals surface area contributed by atoms with Crippen LogP contribution in [0, 0.1) is 12.3 Å². The lowest BCUT2D eigenvalue weighted by atomic mass is 9.89. The van der Waals surface area contributed by atoms with E-state index in [0.29, 0.717) is 10.8 Å². The van der Waals surface area contributed by atoms with E-state index in [1.165, 1.54) is 37.0 Å². The van der Waals surface area contributed by atoms with Crippen LogP contribution in [0.1, 0.15) is 72.7 Å². The van der Waals surface area contributed by atoms with Gasteiger partial charge in [0.05, 0.1) is 16.8 Å². The fourth-order valence-electron chi connectivity index (χ4n) is 2.55. The Bertz CT molecular complexity index is 499. The third kappa shape index (κ3) is 4.04. The van der Waals surface area contributed by atoms with Crippen LogP contribution >= 0.6 is 11.3 Å². The van der Waals surface area contributed by atoms with Crippen LogP contribution < -0.4 is 5.32 Å². The van der Waals surface area contributed by atoms with Crippen molar-refractivity contribution in [2.75, 3.05) is 6.54 Å². The summed E-state index contributed by atoms with van der Waals surface area (Å²) >= 11 is 1.52. The molecule has 1 amide bonds. The van der Waals surface area contributed by atoms with Gasteiger partial charge in [0.25, 0.3) is 5.91 Å². The molecule has 5 heteroatoms. The minimum Gasteiger partial charge on any atom is -0.391 e. The van der Waals surface area contributed by atoms with Gasteiger partial charge < -0.3 is 10.4 Å². The molecule has 0 aromatic carbocycles. The summed E-state index contributed by atoms with van der Waals surface area (Å²) in [4.78, 5) is 17.6. The lowest BCUT2D eigenvalue weighted by Gasteiger charge is -2.25. The first-order chi connectivity index (χ1) is 9.79. The molecular weight excluding hydrogens is 284 g/mol. The molecule has 1 heterocycles. The standard InChI is InChI=1S/C16H26N2O2S/c1-10-13(14(20)17-9-12(19)16(2,3)4)21-15(18-10)11-7-5-6-8-11/h11-12,19H,5-9H2,1-4H3,(H,17,20). The summed E-state index contributed by atoms with van der Waals surface area (Å²) in [5, 5.41) is 13.9. The topological polar surface area (TPSA) is 62.2 Å². The number of carbonyl (C=O) groups is 1. The van der Waals surface area contributed by atoms with Gasteiger partial charge in [-0.15, -0.1) is 11.3 Å². The third-order valence-electron chi connectivity index (χ3n) is 4.18. The van der Waals surface area contributed by atoms with Gasteiger partial charge in [0.15, 0.2) is 0 Å². The van der Waals surface area contributed by atoms with E-state index in [1.807, 2.05) is 27.7 Å². The number of aromatic nitrogens is 1. The van der Waals surface area contributed by atoms with Crippen LogP contribution in [0.5, 0.6) is 0 Å². The van der Waals surface area contributed by atoms with Gasteiger partial charge in [-0.2, -0.15) is 0 Å². The van der Waals surface area contributed by atoms with Gasteiger partial charge in [-0.05, 0) is 25.2 Å². The van der Waals surface area contributed by atoms with E-state index >= 15 is 0 Å². The minimum atomic E-state index is -0.552. The zero-order valence-corrected chi connectivity index (χ0v) is 14.2. The van der Waals surface area contributed by atoms with Crippen molar-refractivity contribution < 1.29 is 9.90 Å². The van der Waals surface area contributed by atoms with E-state index < -0.39 is 6.10 Å². The Hall–Kier alpha value is -0.940. The minimum absolute atomic E-state index is 0.113. The van der Waals surface area contributed by atoms with Crippen molar-refractivity contribution in [1.82, 2.24) is 10.3 Å². The summed E-state index contributed by atoms with van der Waals surface area (Å²) in [5.74, 6) is 0.424. The Morgan fingerprint density at radius 3 is 2.62 bits per heavy atom. The second-order valence-electron chi connectivity index (χ2n) is 7.04. The molecule has 1 atom stereocenters. The Morgan fingerprint density at radius 2 is 2.05 bits per heavy atom. The van der Waals surface area contributed by atoms with Gasteiger partial charge in [-0.3, -0.25) is 4.79 Å². The molecule has 1 saturated carbocycles. The number of aliphatic hydroxyl groups is 1. The fourth-order valence-corrected chi connectivity index (χ4v) is 3.70. The summed E-state index contributed by atoms with van der Waals surface area (Å²) in [6.07, 6.45) is 4.36. The maximum Gasteiger partial charge on any atom is 0.263 e. The van der Waals surface area contributed by atoms with Crippen LogP contribution in [-0.4, -0.2) is 28.6 Å². The van der Waals surface area contributed by atoms with Gasteiger partial charge in [-0.1, -0.05) is 33.6 Å². The SMILES string of the molecule is Cc1nc(C2CCCC2)sc1C(=O)NCC(O)C(C)(C)C. The number of aliphatic hydroxyl groups excluding tert-OH is 1. The van der Waals surface area contributed by atoms with E-state index in [-0.39, 0.29) is 17.9 Å². The van der Waals surface area contributed by atoms with E-state index in [2.05, 4.69) is 10.3 Å². The molecule has 1 fully saturated rings. The second kappa shape index (κ2) is 6.44. The van der Waals surface area contributed by atoms with Crippen LogP contribution in [-0.2, 0) is 0 Å². The molecule has 1 aliphatic rings. The number of rotatable bonds is 4. The lowest BCUT2D eigenvalue weighted by Crippen LogP contribution is -2.39. The van der Waals surface area contributed by atoms with Crippen molar-refractivity contribution >= 4 is 17.2 Å². The van der Waals surface area contributed by atoms with Crippen molar-refractivity contribution in [3.63, 3.8) is 0 Å². The van der Waals surface area contributed by atoms with Crippen LogP contribution in [0.2, 0.25) is 0 Å². The van der Waals surface area contributed by atoms with Crippen LogP contribution in [0.25, 0.3) is 0 Å². The highest BCUT2D eigenvalue weighted by Gasteiger charge is 2.25. The molecular formula is C16H26N2O2S. The number of nitrogens with one attached hydrogen (secondary N) is 1. The number of aryl methyl sites for hydroxylation is 1. The van der Waals surface area contributed by atoms with Crippen molar-refractivity contribution in [2.24, 2.45) is 5.41 Å². The molecule has 1 aromatic rings. The number of amides is 1. The maximum absolute atomic E-state index is 12.3. The second-order valence-corrected chi connectivity index (χ2v) is 8.07. The number of carbonyl (C=O) groups excluding carboxylic acids is 1. The van der Waals surface area contributed by atoms with Gasteiger partial charge in [0.1, 0.15) is 4.88 Å². The summed E-state index contributed by atoms with van der Waals surface area (Å²) in [6.45, 7) is 8.04. The normalized spacial score (nSPS) is 18.0. The third-order valence-corrected chi connectivity index (χ3v) is 5.50. The van der Waals surface area contributed by atoms with E-state index in [4.69, 9.17) is 0 Å². The highest BCUT2D eigenvalue weighted by Crippen LogP contribution is 2.37. The van der Waals surface area contributed by atoms with Crippen molar-refractivity contribution in [1.29, 1.82) is 0 Å². The highest BCUT2D eigenvalue weighted by molar-refractivity contribution is 7.13. The van der Waals surface area contributed by atoms with Crippen molar-refractivity contribution in [3.05, 3.63) is 15.6 Å². The summed E-state index contributed by atoms with van der Waals surface area (Å²) in [6, 6.07) is 0. The van der Waals surface area contributed by atoms with Crippen molar-refractivity contribution in [2.45, 2.75) is 65.4 Å². The predicted octanol–water partition coefficient (Wildman–Crippen LogP) is 3.25.